The smallest absolute Gasteiger partial charge is 0.360 e. The van der Waals surface area contributed by atoms with Gasteiger partial charge in [-0.15, -0.1) is 0 Å². The van der Waals surface area contributed by atoms with E-state index in [2.05, 4.69) is 0 Å². The van der Waals surface area contributed by atoms with E-state index in [9.17, 15) is 19.2 Å². The average Bonchev–Trinajstić information content (AvgIpc) is 2.97. The third-order valence-corrected chi connectivity index (χ3v) is 6.40. The minimum Gasteiger partial charge on any atom is -0.452 e. The number of ether oxygens (including phenoxy) is 5. The maximum Gasteiger partial charge on any atom is 0.360 e. The number of rotatable bonds is 7. The molecule has 0 unspecified atom stereocenters. The van der Waals surface area contributed by atoms with Gasteiger partial charge in [-0.25, -0.2) is 19.2 Å². The first kappa shape index (κ1) is 30.3. The zero-order valence-corrected chi connectivity index (χ0v) is 23.6. The van der Waals surface area contributed by atoms with Crippen LogP contribution in [-0.2, 0) is 28.5 Å². The van der Waals surface area contributed by atoms with Gasteiger partial charge in [-0.2, -0.15) is 0 Å². The summed E-state index contributed by atoms with van der Waals surface area (Å²) in [6.07, 6.45) is -7.29. The van der Waals surface area contributed by atoms with Gasteiger partial charge in [0.1, 0.15) is 0 Å². The van der Waals surface area contributed by atoms with Crippen LogP contribution in [-0.4, -0.2) is 58.4 Å². The summed E-state index contributed by atoms with van der Waals surface area (Å²) >= 11 is 17.1. The maximum atomic E-state index is 13.2. The monoisotopic (exact) mass is 620 g/mol. The van der Waals surface area contributed by atoms with Gasteiger partial charge in [0.2, 0.25) is 12.4 Å². The van der Waals surface area contributed by atoms with Crippen molar-refractivity contribution in [2.75, 3.05) is 0 Å². The second kappa shape index (κ2) is 13.4. The second-order valence-electron chi connectivity index (χ2n) is 8.82. The van der Waals surface area contributed by atoms with E-state index in [0.717, 1.165) is 0 Å². The Labute approximate surface area is 250 Å². The number of carbonyl (C=O) groups excluding carboxylic acids is 4. The fourth-order valence-corrected chi connectivity index (χ4v) is 4.09. The minimum absolute atomic E-state index is 0.128. The Hall–Kier alpha value is -3.63. The lowest BCUT2D eigenvalue weighted by molar-refractivity contribution is -0.282. The predicted molar refractivity (Wildman–Crippen MR) is 148 cm³/mol. The first-order valence-electron chi connectivity index (χ1n) is 12.3. The van der Waals surface area contributed by atoms with Gasteiger partial charge >= 0.3 is 23.9 Å². The Kier molecular flexibility index (Phi) is 9.88. The van der Waals surface area contributed by atoms with Crippen molar-refractivity contribution in [1.82, 2.24) is 0 Å². The van der Waals surface area contributed by atoms with Crippen molar-refractivity contribution in [3.8, 4) is 0 Å². The topological polar surface area (TPSA) is 114 Å². The van der Waals surface area contributed by atoms with Crippen molar-refractivity contribution in [1.29, 1.82) is 0 Å². The van der Waals surface area contributed by atoms with Crippen molar-refractivity contribution >= 4 is 58.7 Å². The van der Waals surface area contributed by atoms with Crippen molar-refractivity contribution in [3.05, 3.63) is 108 Å². The molecule has 0 amide bonds. The number of hydrogen-bond donors (Lipinski definition) is 0. The molecule has 0 saturated carbocycles. The van der Waals surface area contributed by atoms with Crippen LogP contribution in [0.25, 0.3) is 0 Å². The zero-order chi connectivity index (χ0) is 29.6. The number of carbonyl (C=O) groups is 4. The zero-order valence-electron chi connectivity index (χ0n) is 21.4. The van der Waals surface area contributed by atoms with Crippen molar-refractivity contribution in [3.63, 3.8) is 0 Å². The molecule has 5 atom stereocenters. The summed E-state index contributed by atoms with van der Waals surface area (Å²) in [5.41, 5.74) is 0.488. The molecule has 1 heterocycles. The Morgan fingerprint density at radius 1 is 0.585 bits per heavy atom. The molecule has 12 heteroatoms. The molecular formula is C29H23Cl3O9. The Morgan fingerprint density at radius 2 is 0.951 bits per heavy atom. The highest BCUT2D eigenvalue weighted by molar-refractivity contribution is 6.75. The number of halogens is 3. The van der Waals surface area contributed by atoms with Crippen LogP contribution in [0.5, 0.6) is 0 Å². The van der Waals surface area contributed by atoms with Crippen LogP contribution in [0.4, 0.5) is 0 Å². The highest BCUT2D eigenvalue weighted by Gasteiger charge is 2.54. The van der Waals surface area contributed by atoms with E-state index in [0.29, 0.717) is 0 Å². The van der Waals surface area contributed by atoms with Crippen molar-refractivity contribution in [2.24, 2.45) is 0 Å². The normalized spacial score (nSPS) is 22.2. The molecule has 3 aromatic rings. The summed E-state index contributed by atoms with van der Waals surface area (Å²) in [5, 5.41) is 0. The SMILES string of the molecule is C[C@@H]1O[C@@H](OC(=O)C(Cl)(Cl)Cl)[C@H](OC(=O)c2ccccc2)[C@H](OC(=O)c2ccccc2)[C@H]1OC(=O)c1ccccc1. The van der Waals surface area contributed by atoms with Gasteiger partial charge < -0.3 is 23.7 Å². The standard InChI is InChI=1S/C29H23Cl3O9/c1-17-21(38-24(33)18-11-5-2-6-12-18)22(39-25(34)19-13-7-3-8-14-19)23(27(37-17)41-28(36)29(30,31)32)40-26(35)20-15-9-4-10-16-20/h2-17,21-23,27H,1H3/t17-,21-,22+,23+,27-/m0/s1. The Bertz CT molecular complexity index is 1360. The van der Waals surface area contributed by atoms with E-state index in [1.54, 1.807) is 54.6 Å². The van der Waals surface area contributed by atoms with E-state index in [4.69, 9.17) is 58.5 Å². The molecular weight excluding hydrogens is 599 g/mol. The highest BCUT2D eigenvalue weighted by atomic mass is 35.6. The molecule has 0 N–H and O–H groups in total. The lowest BCUT2D eigenvalue weighted by Gasteiger charge is -2.43. The number of alkyl halides is 3. The van der Waals surface area contributed by atoms with E-state index < -0.39 is 58.4 Å². The summed E-state index contributed by atoms with van der Waals surface area (Å²) in [7, 11) is 0. The van der Waals surface area contributed by atoms with Crippen molar-refractivity contribution in [2.45, 2.75) is 41.4 Å². The number of esters is 4. The lowest BCUT2D eigenvalue weighted by atomic mass is 9.98. The summed E-state index contributed by atoms with van der Waals surface area (Å²) in [6, 6.07) is 23.9. The van der Waals surface area contributed by atoms with E-state index in [1.165, 1.54) is 43.3 Å². The molecule has 0 spiro atoms. The molecule has 0 aliphatic carbocycles. The molecule has 0 radical (unpaired) electrons. The van der Waals surface area contributed by atoms with Gasteiger partial charge in [-0.1, -0.05) is 89.4 Å². The number of hydrogen-bond acceptors (Lipinski definition) is 9. The Morgan fingerprint density at radius 3 is 1.34 bits per heavy atom. The lowest BCUT2D eigenvalue weighted by Crippen LogP contribution is -2.62. The summed E-state index contributed by atoms with van der Waals surface area (Å²) < 4.78 is 25.7. The summed E-state index contributed by atoms with van der Waals surface area (Å²) in [5.74, 6) is -3.82. The maximum absolute atomic E-state index is 13.2. The van der Waals surface area contributed by atoms with E-state index in [-0.39, 0.29) is 16.7 Å². The molecule has 1 aliphatic rings. The van der Waals surface area contributed by atoms with Crippen LogP contribution in [0.3, 0.4) is 0 Å². The van der Waals surface area contributed by atoms with Gasteiger partial charge in [0.15, 0.2) is 12.2 Å². The summed E-state index contributed by atoms with van der Waals surface area (Å²) in [4.78, 5) is 51.9. The highest BCUT2D eigenvalue weighted by Crippen LogP contribution is 2.34. The number of benzene rings is 3. The van der Waals surface area contributed by atoms with Crippen LogP contribution in [0.15, 0.2) is 91.0 Å². The van der Waals surface area contributed by atoms with Crippen LogP contribution >= 0.6 is 34.8 Å². The first-order valence-corrected chi connectivity index (χ1v) is 13.4. The fraction of sp³-hybridized carbons (Fsp3) is 0.241. The molecule has 3 aromatic carbocycles. The molecule has 4 rings (SSSR count). The van der Waals surface area contributed by atoms with E-state index >= 15 is 0 Å². The third kappa shape index (κ3) is 7.77. The second-order valence-corrected chi connectivity index (χ2v) is 11.1. The van der Waals surface area contributed by atoms with Crippen LogP contribution in [0, 0.1) is 0 Å². The van der Waals surface area contributed by atoms with Gasteiger partial charge in [-0.3, -0.25) is 0 Å². The van der Waals surface area contributed by atoms with Crippen molar-refractivity contribution < 1.29 is 42.9 Å². The molecule has 1 saturated heterocycles. The summed E-state index contributed by atoms with van der Waals surface area (Å²) in [6.45, 7) is 1.48. The first-order chi connectivity index (χ1) is 19.5. The molecule has 1 aliphatic heterocycles. The molecule has 41 heavy (non-hydrogen) atoms. The Balaban J connectivity index is 1.73. The van der Waals surface area contributed by atoms with Gasteiger partial charge in [0.05, 0.1) is 22.8 Å². The van der Waals surface area contributed by atoms with Crippen LogP contribution in [0.1, 0.15) is 38.0 Å². The molecule has 1 fully saturated rings. The van der Waals surface area contributed by atoms with Gasteiger partial charge in [0, 0.05) is 0 Å². The van der Waals surface area contributed by atoms with Crippen LogP contribution in [0.2, 0.25) is 0 Å². The van der Waals surface area contributed by atoms with Gasteiger partial charge in [-0.05, 0) is 43.3 Å². The molecule has 0 bridgehead atoms. The quantitative estimate of drug-likeness (QED) is 0.196. The molecule has 0 aromatic heterocycles. The molecule has 9 nitrogen and oxygen atoms in total. The minimum atomic E-state index is -2.51. The molecule has 214 valence electrons. The van der Waals surface area contributed by atoms with Crippen LogP contribution < -0.4 is 0 Å². The average molecular weight is 622 g/mol. The largest absolute Gasteiger partial charge is 0.452 e. The van der Waals surface area contributed by atoms with Gasteiger partial charge in [0.25, 0.3) is 3.79 Å². The van der Waals surface area contributed by atoms with E-state index in [1.807, 2.05) is 0 Å². The predicted octanol–water partition coefficient (Wildman–Crippen LogP) is 5.32. The third-order valence-electron chi connectivity index (χ3n) is 5.94. The fourth-order valence-electron chi connectivity index (χ4n) is 3.96.